The van der Waals surface area contributed by atoms with Crippen LogP contribution in [0.1, 0.15) is 25.0 Å². The molecule has 0 heterocycles. The van der Waals surface area contributed by atoms with Crippen molar-refractivity contribution in [3.63, 3.8) is 0 Å². The van der Waals surface area contributed by atoms with Crippen LogP contribution in [0.3, 0.4) is 0 Å². The molecule has 0 saturated heterocycles. The molecule has 0 saturated carbocycles. The standard InChI is InChI=1S/C25H26N2O6S/c1-18(2)32-23-12-13-24(34(29,30)33-21-9-5-4-6-10-21)20(16-23)17-26-27-25(28)15-19-8-7-11-22(14-19)31-3/h4-14,16-18H,15H2,1-3H3,(H,27,28). The molecular formula is C25H26N2O6S. The number of carbonyl (C=O) groups excluding carboxylic acids is 1. The number of rotatable bonds is 10. The van der Waals surface area contributed by atoms with Gasteiger partial charge in [0.15, 0.2) is 0 Å². The molecule has 0 aliphatic carbocycles. The predicted molar refractivity (Wildman–Crippen MR) is 129 cm³/mol. The van der Waals surface area contributed by atoms with Gasteiger partial charge in [-0.1, -0.05) is 30.3 Å². The van der Waals surface area contributed by atoms with Crippen molar-refractivity contribution in [2.45, 2.75) is 31.3 Å². The first-order valence-corrected chi connectivity index (χ1v) is 11.9. The van der Waals surface area contributed by atoms with Crippen LogP contribution in [0.4, 0.5) is 0 Å². The number of hydrogen-bond donors (Lipinski definition) is 1. The quantitative estimate of drug-likeness (QED) is 0.267. The fraction of sp³-hybridized carbons (Fsp3) is 0.200. The number of benzene rings is 3. The van der Waals surface area contributed by atoms with E-state index in [1.807, 2.05) is 13.8 Å². The second kappa shape index (κ2) is 11.3. The normalized spacial score (nSPS) is 11.4. The van der Waals surface area contributed by atoms with Crippen LogP contribution >= 0.6 is 0 Å². The Labute approximate surface area is 199 Å². The fourth-order valence-corrected chi connectivity index (χ4v) is 4.12. The third-order valence-electron chi connectivity index (χ3n) is 4.46. The smallest absolute Gasteiger partial charge is 0.339 e. The van der Waals surface area contributed by atoms with Crippen LogP contribution in [0.2, 0.25) is 0 Å². The highest BCUT2D eigenvalue weighted by Crippen LogP contribution is 2.25. The average Bonchev–Trinajstić information content (AvgIpc) is 2.79. The van der Waals surface area contributed by atoms with Gasteiger partial charge in [-0.05, 0) is 61.9 Å². The summed E-state index contributed by atoms with van der Waals surface area (Å²) in [7, 11) is -2.62. The molecule has 3 aromatic carbocycles. The van der Waals surface area contributed by atoms with Gasteiger partial charge in [-0.15, -0.1) is 0 Å². The van der Waals surface area contributed by atoms with E-state index in [0.717, 1.165) is 5.56 Å². The van der Waals surface area contributed by atoms with Gasteiger partial charge < -0.3 is 13.7 Å². The Morgan fingerprint density at radius 3 is 2.41 bits per heavy atom. The number of para-hydroxylation sites is 1. The van der Waals surface area contributed by atoms with Gasteiger partial charge in [-0.2, -0.15) is 13.5 Å². The number of methoxy groups -OCH3 is 1. The number of nitrogens with one attached hydrogen (secondary N) is 1. The first-order chi connectivity index (χ1) is 16.3. The minimum Gasteiger partial charge on any atom is -0.497 e. The predicted octanol–water partition coefficient (Wildman–Crippen LogP) is 3.94. The second-order valence-corrected chi connectivity index (χ2v) is 9.05. The van der Waals surface area contributed by atoms with Gasteiger partial charge in [-0.3, -0.25) is 4.79 Å². The van der Waals surface area contributed by atoms with Gasteiger partial charge in [0, 0.05) is 5.56 Å². The van der Waals surface area contributed by atoms with Gasteiger partial charge in [0.25, 0.3) is 0 Å². The number of hydrazone groups is 1. The molecule has 9 heteroatoms. The van der Waals surface area contributed by atoms with Crippen molar-refractivity contribution in [1.29, 1.82) is 0 Å². The maximum atomic E-state index is 12.9. The topological polar surface area (TPSA) is 103 Å². The van der Waals surface area contributed by atoms with Gasteiger partial charge in [0.05, 0.1) is 25.8 Å². The summed E-state index contributed by atoms with van der Waals surface area (Å²) in [5.74, 6) is 0.908. The summed E-state index contributed by atoms with van der Waals surface area (Å²) >= 11 is 0. The van der Waals surface area contributed by atoms with E-state index in [4.69, 9.17) is 13.7 Å². The lowest BCUT2D eigenvalue weighted by Gasteiger charge is -2.13. The monoisotopic (exact) mass is 482 g/mol. The maximum absolute atomic E-state index is 12.9. The van der Waals surface area contributed by atoms with E-state index < -0.39 is 10.1 Å². The van der Waals surface area contributed by atoms with Crippen LogP contribution in [-0.2, 0) is 21.3 Å². The molecule has 0 radical (unpaired) electrons. The molecule has 0 aliphatic rings. The van der Waals surface area contributed by atoms with E-state index in [1.54, 1.807) is 67.8 Å². The molecular weight excluding hydrogens is 456 g/mol. The molecule has 1 N–H and O–H groups in total. The first kappa shape index (κ1) is 24.8. The number of nitrogens with zero attached hydrogens (tertiary/aromatic N) is 1. The Kier molecular flexibility index (Phi) is 8.26. The Hall–Kier alpha value is -3.85. The van der Waals surface area contributed by atoms with Gasteiger partial charge >= 0.3 is 10.1 Å². The van der Waals surface area contributed by atoms with E-state index in [1.165, 1.54) is 18.3 Å². The summed E-state index contributed by atoms with van der Waals surface area (Å²) in [5.41, 5.74) is 3.37. The summed E-state index contributed by atoms with van der Waals surface area (Å²) in [6.45, 7) is 3.71. The zero-order valence-electron chi connectivity index (χ0n) is 19.1. The number of hydrogen-bond acceptors (Lipinski definition) is 7. The van der Waals surface area contributed by atoms with Gasteiger partial charge in [0.1, 0.15) is 22.1 Å². The third-order valence-corrected chi connectivity index (χ3v) is 5.79. The fourth-order valence-electron chi connectivity index (χ4n) is 3.03. The lowest BCUT2D eigenvalue weighted by atomic mass is 10.1. The lowest BCUT2D eigenvalue weighted by Crippen LogP contribution is -2.20. The molecule has 3 aromatic rings. The minimum absolute atomic E-state index is 0.0767. The highest BCUT2D eigenvalue weighted by Gasteiger charge is 2.21. The molecule has 0 aliphatic heterocycles. The first-order valence-electron chi connectivity index (χ1n) is 10.5. The summed E-state index contributed by atoms with van der Waals surface area (Å²) in [5, 5.41) is 3.95. The van der Waals surface area contributed by atoms with E-state index in [-0.39, 0.29) is 34.6 Å². The van der Waals surface area contributed by atoms with Gasteiger partial charge in [0.2, 0.25) is 5.91 Å². The third kappa shape index (κ3) is 7.08. The number of ether oxygens (including phenoxy) is 2. The second-order valence-electron chi connectivity index (χ2n) is 7.54. The Bertz CT molecular complexity index is 1260. The van der Waals surface area contributed by atoms with Crippen molar-refractivity contribution >= 4 is 22.2 Å². The lowest BCUT2D eigenvalue weighted by molar-refractivity contribution is -0.120. The number of carbonyl (C=O) groups is 1. The molecule has 34 heavy (non-hydrogen) atoms. The molecule has 0 aromatic heterocycles. The average molecular weight is 483 g/mol. The van der Waals surface area contributed by atoms with Crippen LogP contribution in [0.25, 0.3) is 0 Å². The maximum Gasteiger partial charge on any atom is 0.339 e. The highest BCUT2D eigenvalue weighted by atomic mass is 32.2. The van der Waals surface area contributed by atoms with Crippen molar-refractivity contribution in [3.8, 4) is 17.2 Å². The molecule has 1 amide bonds. The van der Waals surface area contributed by atoms with E-state index in [9.17, 15) is 13.2 Å². The van der Waals surface area contributed by atoms with Crippen LogP contribution in [0.15, 0.2) is 82.8 Å². The largest absolute Gasteiger partial charge is 0.497 e. The van der Waals surface area contributed by atoms with Crippen LogP contribution in [-0.4, -0.2) is 33.8 Å². The Morgan fingerprint density at radius 2 is 1.71 bits per heavy atom. The summed E-state index contributed by atoms with van der Waals surface area (Å²) in [4.78, 5) is 12.2. The Balaban J connectivity index is 1.81. The highest BCUT2D eigenvalue weighted by molar-refractivity contribution is 7.87. The summed E-state index contributed by atoms with van der Waals surface area (Å²) < 4.78 is 41.9. The molecule has 0 fully saturated rings. The zero-order chi connectivity index (χ0) is 24.6. The number of amides is 1. The van der Waals surface area contributed by atoms with Crippen LogP contribution in [0.5, 0.6) is 17.2 Å². The molecule has 0 spiro atoms. The molecule has 3 rings (SSSR count). The SMILES string of the molecule is COc1cccc(CC(=O)NN=Cc2cc(OC(C)C)ccc2S(=O)(=O)Oc2ccccc2)c1. The van der Waals surface area contributed by atoms with Crippen molar-refractivity contribution in [2.24, 2.45) is 5.10 Å². The van der Waals surface area contributed by atoms with Gasteiger partial charge in [-0.25, -0.2) is 5.43 Å². The van der Waals surface area contributed by atoms with Crippen LogP contribution in [0, 0.1) is 0 Å². The summed E-state index contributed by atoms with van der Waals surface area (Å²) in [6.07, 6.45) is 1.21. The van der Waals surface area contributed by atoms with Crippen LogP contribution < -0.4 is 19.1 Å². The van der Waals surface area contributed by atoms with E-state index in [0.29, 0.717) is 11.5 Å². The van der Waals surface area contributed by atoms with Crippen molar-refractivity contribution < 1.29 is 26.9 Å². The van der Waals surface area contributed by atoms with Crippen molar-refractivity contribution in [3.05, 3.63) is 83.9 Å². The molecule has 8 nitrogen and oxygen atoms in total. The molecule has 178 valence electrons. The zero-order valence-corrected chi connectivity index (χ0v) is 19.9. The molecule has 0 bridgehead atoms. The summed E-state index contributed by atoms with van der Waals surface area (Å²) in [6, 6.07) is 19.7. The van der Waals surface area contributed by atoms with E-state index >= 15 is 0 Å². The molecule has 0 atom stereocenters. The Morgan fingerprint density at radius 1 is 0.971 bits per heavy atom. The van der Waals surface area contributed by atoms with E-state index in [2.05, 4.69) is 10.5 Å². The minimum atomic E-state index is -4.17. The van der Waals surface area contributed by atoms with Crippen molar-refractivity contribution in [2.75, 3.05) is 7.11 Å². The molecule has 0 unspecified atom stereocenters. The van der Waals surface area contributed by atoms with Crippen molar-refractivity contribution in [1.82, 2.24) is 5.43 Å².